The van der Waals surface area contributed by atoms with Crippen LogP contribution in [0, 0.1) is 11.8 Å². The van der Waals surface area contributed by atoms with Gasteiger partial charge in [-0.25, -0.2) is 0 Å². The first-order valence-electron chi connectivity index (χ1n) is 7.26. The Balaban J connectivity index is 1.77. The van der Waals surface area contributed by atoms with E-state index in [0.29, 0.717) is 12.6 Å². The second kappa shape index (κ2) is 5.87. The van der Waals surface area contributed by atoms with Crippen molar-refractivity contribution in [2.24, 2.45) is 11.8 Å². The number of amides is 1. The van der Waals surface area contributed by atoms with Crippen LogP contribution in [0.3, 0.4) is 0 Å². The Morgan fingerprint density at radius 2 is 1.83 bits per heavy atom. The summed E-state index contributed by atoms with van der Waals surface area (Å²) in [7, 11) is 0. The Labute approximate surface area is 111 Å². The maximum absolute atomic E-state index is 12.1. The van der Waals surface area contributed by atoms with Crippen molar-refractivity contribution in [1.82, 2.24) is 10.2 Å². The summed E-state index contributed by atoms with van der Waals surface area (Å²) in [6, 6.07) is 0.473. The van der Waals surface area contributed by atoms with Gasteiger partial charge >= 0.3 is 0 Å². The largest absolute Gasteiger partial charge is 0.352 e. The summed E-state index contributed by atoms with van der Waals surface area (Å²) in [5.41, 5.74) is 1.12. The van der Waals surface area contributed by atoms with Crippen LogP contribution in [0.25, 0.3) is 0 Å². The van der Waals surface area contributed by atoms with E-state index in [2.05, 4.69) is 23.7 Å². The second-order valence-corrected chi connectivity index (χ2v) is 6.03. The molecule has 0 heterocycles. The van der Waals surface area contributed by atoms with Crippen LogP contribution in [0.1, 0.15) is 39.5 Å². The van der Waals surface area contributed by atoms with Crippen LogP contribution in [0.4, 0.5) is 0 Å². The van der Waals surface area contributed by atoms with Gasteiger partial charge in [-0.05, 0) is 51.0 Å². The molecule has 0 unspecified atom stereocenters. The minimum Gasteiger partial charge on any atom is -0.352 e. The predicted molar refractivity (Wildman–Crippen MR) is 74.3 cm³/mol. The van der Waals surface area contributed by atoms with E-state index in [1.807, 2.05) is 6.92 Å². The minimum atomic E-state index is 0.196. The zero-order valence-electron chi connectivity index (χ0n) is 11.7. The first-order valence-corrected chi connectivity index (χ1v) is 7.26. The van der Waals surface area contributed by atoms with Gasteiger partial charge in [0, 0.05) is 12.6 Å². The van der Waals surface area contributed by atoms with E-state index < -0.39 is 0 Å². The van der Waals surface area contributed by atoms with Gasteiger partial charge in [0.1, 0.15) is 0 Å². The van der Waals surface area contributed by atoms with Crippen molar-refractivity contribution in [3.8, 4) is 0 Å². The molecule has 18 heavy (non-hydrogen) atoms. The molecule has 1 N–H and O–H groups in total. The van der Waals surface area contributed by atoms with Crippen LogP contribution < -0.4 is 5.32 Å². The van der Waals surface area contributed by atoms with Crippen LogP contribution in [0.15, 0.2) is 12.2 Å². The molecule has 0 saturated heterocycles. The molecule has 0 aromatic carbocycles. The van der Waals surface area contributed by atoms with Gasteiger partial charge in [-0.15, -0.1) is 0 Å². The summed E-state index contributed by atoms with van der Waals surface area (Å²) in [6.45, 7) is 10.3. The molecule has 102 valence electrons. The van der Waals surface area contributed by atoms with Crippen molar-refractivity contribution >= 4 is 5.91 Å². The smallest absolute Gasteiger partial charge is 0.234 e. The van der Waals surface area contributed by atoms with Gasteiger partial charge in [-0.1, -0.05) is 19.1 Å². The van der Waals surface area contributed by atoms with E-state index in [1.54, 1.807) is 0 Å². The van der Waals surface area contributed by atoms with Crippen molar-refractivity contribution in [1.29, 1.82) is 0 Å². The number of nitrogens with one attached hydrogen (secondary N) is 1. The minimum absolute atomic E-state index is 0.196. The molecule has 2 fully saturated rings. The normalized spacial score (nSPS) is 19.3. The predicted octanol–water partition coefficient (Wildman–Crippen LogP) is 2.19. The fraction of sp³-hybridized carbons (Fsp3) is 0.800. The molecule has 2 aliphatic carbocycles. The van der Waals surface area contributed by atoms with E-state index in [4.69, 9.17) is 0 Å². The lowest BCUT2D eigenvalue weighted by Crippen LogP contribution is -2.44. The fourth-order valence-corrected chi connectivity index (χ4v) is 2.63. The van der Waals surface area contributed by atoms with E-state index in [-0.39, 0.29) is 5.91 Å². The number of carbonyl (C=O) groups excluding carboxylic acids is 1. The van der Waals surface area contributed by atoms with Gasteiger partial charge in [0.25, 0.3) is 0 Å². The lowest BCUT2D eigenvalue weighted by atomic mass is 10.1. The Hall–Kier alpha value is -0.830. The second-order valence-electron chi connectivity index (χ2n) is 6.03. The quantitative estimate of drug-likeness (QED) is 0.670. The number of hydrogen-bond donors (Lipinski definition) is 1. The first-order chi connectivity index (χ1) is 8.60. The summed E-state index contributed by atoms with van der Waals surface area (Å²) >= 11 is 0. The molecule has 0 aromatic rings. The van der Waals surface area contributed by atoms with Crippen molar-refractivity contribution in [3.05, 3.63) is 12.2 Å². The molecule has 1 amide bonds. The highest BCUT2D eigenvalue weighted by Crippen LogP contribution is 2.44. The van der Waals surface area contributed by atoms with E-state index in [0.717, 1.165) is 30.5 Å². The van der Waals surface area contributed by atoms with Crippen molar-refractivity contribution in [3.63, 3.8) is 0 Å². The highest BCUT2D eigenvalue weighted by atomic mass is 16.2. The molecule has 2 saturated carbocycles. The van der Waals surface area contributed by atoms with Crippen LogP contribution in [0.2, 0.25) is 0 Å². The van der Waals surface area contributed by atoms with Crippen LogP contribution in [-0.4, -0.2) is 36.5 Å². The molecule has 0 radical (unpaired) electrons. The molecule has 0 spiro atoms. The van der Waals surface area contributed by atoms with Crippen molar-refractivity contribution < 1.29 is 4.79 Å². The molecule has 2 rings (SSSR count). The monoisotopic (exact) mass is 250 g/mol. The van der Waals surface area contributed by atoms with Gasteiger partial charge in [0.05, 0.1) is 6.54 Å². The highest BCUT2D eigenvalue weighted by Gasteiger charge is 2.42. The first kappa shape index (κ1) is 13.6. The zero-order valence-corrected chi connectivity index (χ0v) is 11.7. The fourth-order valence-electron chi connectivity index (χ4n) is 2.63. The molecule has 0 atom stereocenters. The lowest BCUT2D eigenvalue weighted by Gasteiger charge is -2.23. The van der Waals surface area contributed by atoms with Gasteiger partial charge in [-0.2, -0.15) is 0 Å². The number of carbonyl (C=O) groups is 1. The van der Waals surface area contributed by atoms with Crippen molar-refractivity contribution in [2.45, 2.75) is 45.6 Å². The lowest BCUT2D eigenvalue weighted by molar-refractivity contribution is -0.123. The summed E-state index contributed by atoms with van der Waals surface area (Å²) in [5, 5.41) is 3.27. The van der Waals surface area contributed by atoms with Gasteiger partial charge in [-0.3, -0.25) is 9.69 Å². The zero-order chi connectivity index (χ0) is 13.1. The Morgan fingerprint density at radius 3 is 2.22 bits per heavy atom. The molecular formula is C15H26N2O. The average Bonchev–Trinajstić information content (AvgIpc) is 3.16. The summed E-state index contributed by atoms with van der Waals surface area (Å²) < 4.78 is 0. The van der Waals surface area contributed by atoms with Crippen LogP contribution >= 0.6 is 0 Å². The SMILES string of the molecule is C=C(C)CN(CC)CC(=O)NC(C1CC1)C1CC1. The topological polar surface area (TPSA) is 32.3 Å². The molecular weight excluding hydrogens is 224 g/mol. The molecule has 2 aliphatic rings. The number of nitrogens with zero attached hydrogens (tertiary/aromatic N) is 1. The van der Waals surface area contributed by atoms with Crippen molar-refractivity contribution in [2.75, 3.05) is 19.6 Å². The molecule has 3 heteroatoms. The summed E-state index contributed by atoms with van der Waals surface area (Å²) in [6.07, 6.45) is 5.24. The molecule has 0 aromatic heterocycles. The third-order valence-corrected chi connectivity index (χ3v) is 3.90. The van der Waals surface area contributed by atoms with Crippen LogP contribution in [0.5, 0.6) is 0 Å². The standard InChI is InChI=1S/C15H26N2O/c1-4-17(9-11(2)3)10-14(18)16-15(12-5-6-12)13-7-8-13/h12-13,15H,2,4-10H2,1,3H3,(H,16,18). The number of hydrogen-bond acceptors (Lipinski definition) is 2. The number of rotatable bonds is 8. The van der Waals surface area contributed by atoms with E-state index in [9.17, 15) is 4.79 Å². The third-order valence-electron chi connectivity index (χ3n) is 3.90. The van der Waals surface area contributed by atoms with Gasteiger partial charge in [0.15, 0.2) is 0 Å². The molecule has 3 nitrogen and oxygen atoms in total. The Morgan fingerprint density at radius 1 is 1.28 bits per heavy atom. The maximum atomic E-state index is 12.1. The maximum Gasteiger partial charge on any atom is 0.234 e. The Bertz CT molecular complexity index is 306. The van der Waals surface area contributed by atoms with E-state index >= 15 is 0 Å². The molecule has 0 aliphatic heterocycles. The summed E-state index contributed by atoms with van der Waals surface area (Å²) in [4.78, 5) is 14.2. The van der Waals surface area contributed by atoms with Gasteiger partial charge < -0.3 is 5.32 Å². The highest BCUT2D eigenvalue weighted by molar-refractivity contribution is 5.78. The van der Waals surface area contributed by atoms with E-state index in [1.165, 1.54) is 25.7 Å². The number of likely N-dealkylation sites (N-methyl/N-ethyl adjacent to an activating group) is 1. The van der Waals surface area contributed by atoms with Gasteiger partial charge in [0.2, 0.25) is 5.91 Å². The average molecular weight is 250 g/mol. The molecule has 0 bridgehead atoms. The third kappa shape index (κ3) is 4.13. The van der Waals surface area contributed by atoms with Crippen LogP contribution in [-0.2, 0) is 4.79 Å². The Kier molecular flexibility index (Phi) is 4.44. The summed E-state index contributed by atoms with van der Waals surface area (Å²) in [5.74, 6) is 1.75.